The van der Waals surface area contributed by atoms with Crippen molar-refractivity contribution in [3.05, 3.63) is 18.0 Å². The summed E-state index contributed by atoms with van der Waals surface area (Å²) in [5.74, 6) is 0.0796. The van der Waals surface area contributed by atoms with Crippen LogP contribution in [0.1, 0.15) is 38.3 Å². The molecular formula is C17H27N3O3. The smallest absolute Gasteiger partial charge is 0.229 e. The number of rotatable bonds is 4. The van der Waals surface area contributed by atoms with Crippen molar-refractivity contribution in [3.8, 4) is 0 Å². The van der Waals surface area contributed by atoms with Crippen LogP contribution in [-0.4, -0.2) is 58.1 Å². The number of hydrogen-bond donors (Lipinski definition) is 1. The van der Waals surface area contributed by atoms with Gasteiger partial charge in [-0.25, -0.2) is 0 Å². The van der Waals surface area contributed by atoms with Crippen LogP contribution in [0, 0.1) is 5.41 Å². The summed E-state index contributed by atoms with van der Waals surface area (Å²) in [7, 11) is 0. The van der Waals surface area contributed by atoms with Crippen molar-refractivity contribution in [1.29, 1.82) is 0 Å². The highest BCUT2D eigenvalue weighted by molar-refractivity contribution is 5.78. The first-order valence-electron chi connectivity index (χ1n) is 8.66. The Morgan fingerprint density at radius 3 is 2.87 bits per heavy atom. The molecule has 1 N–H and O–H groups in total. The van der Waals surface area contributed by atoms with Gasteiger partial charge >= 0.3 is 0 Å². The molecule has 0 radical (unpaired) electrons. The van der Waals surface area contributed by atoms with Crippen molar-refractivity contribution in [1.82, 2.24) is 14.7 Å². The zero-order chi connectivity index (χ0) is 16.3. The molecule has 3 rings (SSSR count). The van der Waals surface area contributed by atoms with Crippen molar-refractivity contribution < 1.29 is 14.6 Å². The third-order valence-electron chi connectivity index (χ3n) is 5.39. The fourth-order valence-electron chi connectivity index (χ4n) is 3.82. The summed E-state index contributed by atoms with van der Waals surface area (Å²) in [6.07, 6.45) is 6.21. The van der Waals surface area contributed by atoms with E-state index in [4.69, 9.17) is 4.74 Å². The van der Waals surface area contributed by atoms with Crippen molar-refractivity contribution in [2.45, 2.75) is 51.6 Å². The van der Waals surface area contributed by atoms with E-state index in [2.05, 4.69) is 5.10 Å². The lowest BCUT2D eigenvalue weighted by Crippen LogP contribution is -2.54. The van der Waals surface area contributed by atoms with Crippen LogP contribution in [0.2, 0.25) is 0 Å². The minimum Gasteiger partial charge on any atom is -0.394 e. The van der Waals surface area contributed by atoms with Gasteiger partial charge in [0, 0.05) is 32.5 Å². The monoisotopic (exact) mass is 321 g/mol. The van der Waals surface area contributed by atoms with Gasteiger partial charge in [0.1, 0.15) is 0 Å². The van der Waals surface area contributed by atoms with Crippen LogP contribution >= 0.6 is 0 Å². The van der Waals surface area contributed by atoms with Gasteiger partial charge in [0.05, 0.1) is 24.8 Å². The molecule has 6 nitrogen and oxygen atoms in total. The number of nitrogens with zero attached hydrogens (tertiary/aromatic N) is 3. The predicted octanol–water partition coefficient (Wildman–Crippen LogP) is 1.23. The van der Waals surface area contributed by atoms with Crippen LogP contribution < -0.4 is 0 Å². The van der Waals surface area contributed by atoms with Gasteiger partial charge in [0.15, 0.2) is 0 Å². The number of carbonyl (C=O) groups is 1. The summed E-state index contributed by atoms with van der Waals surface area (Å²) in [4.78, 5) is 14.7. The van der Waals surface area contributed by atoms with Gasteiger partial charge in [-0.3, -0.25) is 9.48 Å². The maximum Gasteiger partial charge on any atom is 0.229 e. The highest BCUT2D eigenvalue weighted by Gasteiger charge is 2.42. The van der Waals surface area contributed by atoms with Gasteiger partial charge in [-0.2, -0.15) is 5.10 Å². The Bertz CT molecular complexity index is 537. The molecule has 2 aliphatic rings. The Hall–Kier alpha value is -1.40. The van der Waals surface area contributed by atoms with E-state index in [9.17, 15) is 9.90 Å². The third kappa shape index (κ3) is 3.58. The summed E-state index contributed by atoms with van der Waals surface area (Å²) >= 11 is 0. The molecule has 128 valence electrons. The SMILES string of the molecule is CCn1ccc(CC(=O)N2CC3(CCOCC3)CCC2CO)n1. The lowest BCUT2D eigenvalue weighted by Gasteiger charge is -2.48. The highest BCUT2D eigenvalue weighted by Crippen LogP contribution is 2.41. The van der Waals surface area contributed by atoms with E-state index in [1.165, 1.54) is 0 Å². The molecule has 1 aromatic heterocycles. The number of piperidine rings is 1. The molecular weight excluding hydrogens is 294 g/mol. The van der Waals surface area contributed by atoms with Crippen LogP contribution in [0.15, 0.2) is 12.3 Å². The molecule has 3 heterocycles. The highest BCUT2D eigenvalue weighted by atomic mass is 16.5. The molecule has 1 unspecified atom stereocenters. The predicted molar refractivity (Wildman–Crippen MR) is 85.9 cm³/mol. The zero-order valence-corrected chi connectivity index (χ0v) is 13.9. The van der Waals surface area contributed by atoms with E-state index in [0.717, 1.165) is 57.7 Å². The van der Waals surface area contributed by atoms with Crippen molar-refractivity contribution in [2.24, 2.45) is 5.41 Å². The topological polar surface area (TPSA) is 67.6 Å². The number of aromatic nitrogens is 2. The first-order chi connectivity index (χ1) is 11.2. The fraction of sp³-hybridized carbons (Fsp3) is 0.765. The van der Waals surface area contributed by atoms with E-state index in [0.29, 0.717) is 6.42 Å². The van der Waals surface area contributed by atoms with Crippen molar-refractivity contribution in [2.75, 3.05) is 26.4 Å². The molecule has 0 aliphatic carbocycles. The van der Waals surface area contributed by atoms with Gasteiger partial charge in [-0.1, -0.05) is 0 Å². The van der Waals surface area contributed by atoms with E-state index in [1.807, 2.05) is 28.8 Å². The minimum atomic E-state index is -0.0516. The molecule has 23 heavy (non-hydrogen) atoms. The largest absolute Gasteiger partial charge is 0.394 e. The van der Waals surface area contributed by atoms with Crippen LogP contribution in [-0.2, 0) is 22.5 Å². The maximum absolute atomic E-state index is 12.8. The molecule has 0 aromatic carbocycles. The zero-order valence-electron chi connectivity index (χ0n) is 13.9. The lowest BCUT2D eigenvalue weighted by atomic mass is 9.72. The number of hydrogen-bond acceptors (Lipinski definition) is 4. The molecule has 0 bridgehead atoms. The van der Waals surface area contributed by atoms with Gasteiger partial charge in [-0.15, -0.1) is 0 Å². The molecule has 1 atom stereocenters. The Balaban J connectivity index is 1.69. The number of amides is 1. The average molecular weight is 321 g/mol. The molecule has 1 aromatic rings. The number of ether oxygens (including phenoxy) is 1. The molecule has 0 saturated carbocycles. The van der Waals surface area contributed by atoms with Gasteiger partial charge in [-0.05, 0) is 44.1 Å². The number of likely N-dealkylation sites (tertiary alicyclic amines) is 1. The second-order valence-electron chi connectivity index (χ2n) is 6.85. The maximum atomic E-state index is 12.8. The number of aliphatic hydroxyl groups is 1. The minimum absolute atomic E-state index is 0.0434. The molecule has 1 spiro atoms. The van der Waals surface area contributed by atoms with Gasteiger partial charge < -0.3 is 14.7 Å². The fourth-order valence-corrected chi connectivity index (χ4v) is 3.82. The first kappa shape index (κ1) is 16.5. The van der Waals surface area contributed by atoms with Gasteiger partial charge in [0.25, 0.3) is 0 Å². The quantitative estimate of drug-likeness (QED) is 0.905. The first-order valence-corrected chi connectivity index (χ1v) is 8.66. The standard InChI is InChI=1S/C17H27N3O3/c1-2-19-8-4-14(18-19)11-16(22)20-13-17(5-3-15(20)12-21)6-9-23-10-7-17/h4,8,15,21H,2-3,5-7,9-13H2,1H3. The number of aryl methyl sites for hydroxylation is 1. The summed E-state index contributed by atoms with van der Waals surface area (Å²) in [6.45, 7) is 5.19. The molecule has 2 saturated heterocycles. The lowest BCUT2D eigenvalue weighted by molar-refractivity contribution is -0.142. The summed E-state index contributed by atoms with van der Waals surface area (Å²) < 4.78 is 7.33. The van der Waals surface area contributed by atoms with Gasteiger partial charge in [0.2, 0.25) is 5.91 Å². The van der Waals surface area contributed by atoms with E-state index in [1.54, 1.807) is 0 Å². The number of carbonyl (C=O) groups excluding carboxylic acids is 1. The average Bonchev–Trinajstić information content (AvgIpc) is 3.03. The normalized spacial score (nSPS) is 24.1. The van der Waals surface area contributed by atoms with E-state index < -0.39 is 0 Å². The third-order valence-corrected chi connectivity index (χ3v) is 5.39. The van der Waals surface area contributed by atoms with E-state index in [-0.39, 0.29) is 24.0 Å². The van der Waals surface area contributed by atoms with Crippen LogP contribution in [0.4, 0.5) is 0 Å². The summed E-state index contributed by atoms with van der Waals surface area (Å²) in [5.41, 5.74) is 0.989. The molecule has 2 fully saturated rings. The van der Waals surface area contributed by atoms with Crippen LogP contribution in [0.5, 0.6) is 0 Å². The second kappa shape index (κ2) is 7.01. The Kier molecular flexibility index (Phi) is 5.02. The summed E-state index contributed by atoms with van der Waals surface area (Å²) in [6, 6.07) is 1.85. The molecule has 1 amide bonds. The number of aliphatic hydroxyl groups excluding tert-OH is 1. The Morgan fingerprint density at radius 1 is 1.43 bits per heavy atom. The van der Waals surface area contributed by atoms with Crippen molar-refractivity contribution >= 4 is 5.91 Å². The van der Waals surface area contributed by atoms with E-state index >= 15 is 0 Å². The second-order valence-corrected chi connectivity index (χ2v) is 6.85. The Morgan fingerprint density at radius 2 is 2.22 bits per heavy atom. The summed E-state index contributed by atoms with van der Waals surface area (Å²) in [5, 5.41) is 14.1. The van der Waals surface area contributed by atoms with Crippen LogP contribution in [0.3, 0.4) is 0 Å². The molecule has 6 heteroatoms. The molecule has 2 aliphatic heterocycles. The van der Waals surface area contributed by atoms with Crippen molar-refractivity contribution in [3.63, 3.8) is 0 Å². The Labute approximate surface area is 137 Å². The van der Waals surface area contributed by atoms with Crippen LogP contribution in [0.25, 0.3) is 0 Å².